The van der Waals surface area contributed by atoms with E-state index in [1.165, 1.54) is 6.07 Å². The number of rotatable bonds is 5. The summed E-state index contributed by atoms with van der Waals surface area (Å²) in [5.74, 6) is -1.53. The Morgan fingerprint density at radius 3 is 2.53 bits per heavy atom. The first kappa shape index (κ1) is 14.3. The highest BCUT2D eigenvalue weighted by atomic mass is 19.4. The summed E-state index contributed by atoms with van der Waals surface area (Å²) in [4.78, 5) is 0. The number of nitrogens with one attached hydrogen (secondary N) is 1. The fraction of sp³-hybridized carbons (Fsp3) is 0.909. The van der Waals surface area contributed by atoms with Gasteiger partial charge in [0.1, 0.15) is 0 Å². The van der Waals surface area contributed by atoms with Gasteiger partial charge in [-0.3, -0.25) is 0 Å². The Morgan fingerprint density at radius 2 is 2.00 bits per heavy atom. The van der Waals surface area contributed by atoms with E-state index in [0.717, 1.165) is 19.3 Å². The SMILES string of the molecule is N#CC(CNCC1CCCC1CO)C(F)(F)F. The zero-order chi connectivity index (χ0) is 12.9. The van der Waals surface area contributed by atoms with Gasteiger partial charge in [-0.2, -0.15) is 18.4 Å². The van der Waals surface area contributed by atoms with Crippen LogP contribution in [0, 0.1) is 29.1 Å². The summed E-state index contributed by atoms with van der Waals surface area (Å²) in [6.07, 6.45) is -1.59. The van der Waals surface area contributed by atoms with E-state index in [-0.39, 0.29) is 25.0 Å². The fourth-order valence-electron chi connectivity index (χ4n) is 2.27. The first-order valence-electron chi connectivity index (χ1n) is 5.77. The second-order valence-electron chi connectivity index (χ2n) is 4.52. The molecule has 1 rings (SSSR count). The van der Waals surface area contributed by atoms with E-state index in [2.05, 4.69) is 5.32 Å². The first-order chi connectivity index (χ1) is 7.99. The summed E-state index contributed by atoms with van der Waals surface area (Å²) in [7, 11) is 0. The zero-order valence-electron chi connectivity index (χ0n) is 9.50. The molecule has 0 bridgehead atoms. The van der Waals surface area contributed by atoms with E-state index >= 15 is 0 Å². The van der Waals surface area contributed by atoms with E-state index in [0.29, 0.717) is 6.54 Å². The van der Waals surface area contributed by atoms with Crippen molar-refractivity contribution >= 4 is 0 Å². The topological polar surface area (TPSA) is 56.0 Å². The molecule has 0 spiro atoms. The van der Waals surface area contributed by atoms with Gasteiger partial charge >= 0.3 is 6.18 Å². The minimum absolute atomic E-state index is 0.0906. The number of hydrogen-bond acceptors (Lipinski definition) is 3. The van der Waals surface area contributed by atoms with Crippen molar-refractivity contribution in [3.8, 4) is 6.07 Å². The van der Waals surface area contributed by atoms with Crippen LogP contribution >= 0.6 is 0 Å². The van der Waals surface area contributed by atoms with Crippen molar-refractivity contribution in [2.24, 2.45) is 17.8 Å². The van der Waals surface area contributed by atoms with Crippen LogP contribution in [0.3, 0.4) is 0 Å². The standard InChI is InChI=1S/C11H17F3N2O/c12-11(13,14)10(4-15)6-16-5-8-2-1-3-9(8)7-17/h8-10,16-17H,1-3,5-7H2. The highest BCUT2D eigenvalue weighted by Crippen LogP contribution is 2.31. The molecule has 2 N–H and O–H groups in total. The molecule has 17 heavy (non-hydrogen) atoms. The average molecular weight is 250 g/mol. The summed E-state index contributed by atoms with van der Waals surface area (Å²) in [6.45, 7) is 0.168. The van der Waals surface area contributed by atoms with Crippen molar-refractivity contribution in [1.82, 2.24) is 5.32 Å². The summed E-state index contributed by atoms with van der Waals surface area (Å²) < 4.78 is 36.8. The smallest absolute Gasteiger partial charge is 0.396 e. The van der Waals surface area contributed by atoms with E-state index in [1.807, 2.05) is 0 Å². The Hall–Kier alpha value is -0.800. The Kier molecular flexibility index (Phi) is 5.22. The van der Waals surface area contributed by atoms with E-state index in [1.54, 1.807) is 0 Å². The van der Waals surface area contributed by atoms with E-state index in [9.17, 15) is 13.2 Å². The molecule has 1 fully saturated rings. The lowest BCUT2D eigenvalue weighted by Crippen LogP contribution is -2.35. The van der Waals surface area contributed by atoms with Gasteiger partial charge in [0, 0.05) is 13.2 Å². The van der Waals surface area contributed by atoms with Gasteiger partial charge in [0.25, 0.3) is 0 Å². The summed E-state index contributed by atoms with van der Waals surface area (Å²) >= 11 is 0. The molecular weight excluding hydrogens is 233 g/mol. The average Bonchev–Trinajstić information content (AvgIpc) is 2.69. The molecule has 0 amide bonds. The molecule has 1 aliphatic rings. The van der Waals surface area contributed by atoms with Crippen molar-refractivity contribution in [2.75, 3.05) is 19.7 Å². The van der Waals surface area contributed by atoms with Gasteiger partial charge in [-0.1, -0.05) is 6.42 Å². The molecule has 3 atom stereocenters. The molecule has 0 aromatic rings. The third-order valence-electron chi connectivity index (χ3n) is 3.36. The third kappa shape index (κ3) is 4.17. The number of nitrogens with zero attached hydrogens (tertiary/aromatic N) is 1. The molecule has 0 aromatic carbocycles. The lowest BCUT2D eigenvalue weighted by Gasteiger charge is -2.19. The molecule has 0 aliphatic heterocycles. The summed E-state index contributed by atoms with van der Waals surface area (Å²) in [5, 5.41) is 20.2. The fourth-order valence-corrected chi connectivity index (χ4v) is 2.27. The molecule has 0 heterocycles. The van der Waals surface area contributed by atoms with E-state index in [4.69, 9.17) is 10.4 Å². The van der Waals surface area contributed by atoms with Crippen LogP contribution in [0.15, 0.2) is 0 Å². The highest BCUT2D eigenvalue weighted by molar-refractivity contribution is 4.90. The van der Waals surface area contributed by atoms with Gasteiger partial charge in [-0.05, 0) is 31.2 Å². The Balaban J connectivity index is 2.30. The molecule has 1 saturated carbocycles. The predicted octanol–water partition coefficient (Wildman–Crippen LogP) is 1.69. The monoisotopic (exact) mass is 250 g/mol. The van der Waals surface area contributed by atoms with Gasteiger partial charge in [0.15, 0.2) is 5.92 Å². The van der Waals surface area contributed by atoms with Crippen LogP contribution in [0.4, 0.5) is 13.2 Å². The van der Waals surface area contributed by atoms with Crippen molar-refractivity contribution in [3.05, 3.63) is 0 Å². The molecule has 0 radical (unpaired) electrons. The van der Waals surface area contributed by atoms with Gasteiger partial charge in [0.05, 0.1) is 6.07 Å². The number of alkyl halides is 3. The second kappa shape index (κ2) is 6.22. The van der Waals surface area contributed by atoms with Crippen molar-refractivity contribution in [1.29, 1.82) is 5.26 Å². The van der Waals surface area contributed by atoms with Gasteiger partial charge in [-0.25, -0.2) is 0 Å². The van der Waals surface area contributed by atoms with Gasteiger partial charge in [0.2, 0.25) is 0 Å². The van der Waals surface area contributed by atoms with Crippen LogP contribution in [0.2, 0.25) is 0 Å². The summed E-state index contributed by atoms with van der Waals surface area (Å²) in [6, 6.07) is 1.26. The Morgan fingerprint density at radius 1 is 1.35 bits per heavy atom. The van der Waals surface area contributed by atoms with Gasteiger partial charge < -0.3 is 10.4 Å². The highest BCUT2D eigenvalue weighted by Gasteiger charge is 2.39. The second-order valence-corrected chi connectivity index (χ2v) is 4.52. The van der Waals surface area contributed by atoms with Crippen LogP contribution in [0.1, 0.15) is 19.3 Å². The normalized spacial score (nSPS) is 26.8. The quantitative estimate of drug-likeness (QED) is 0.780. The first-order valence-corrected chi connectivity index (χ1v) is 5.77. The van der Waals surface area contributed by atoms with Crippen molar-refractivity contribution in [3.63, 3.8) is 0 Å². The van der Waals surface area contributed by atoms with E-state index < -0.39 is 12.1 Å². The molecule has 1 aliphatic carbocycles. The Labute approximate surface area is 98.6 Å². The minimum atomic E-state index is -4.46. The molecule has 0 aromatic heterocycles. The molecular formula is C11H17F3N2O. The zero-order valence-corrected chi connectivity index (χ0v) is 9.50. The largest absolute Gasteiger partial charge is 0.405 e. The molecule has 3 unspecified atom stereocenters. The minimum Gasteiger partial charge on any atom is -0.396 e. The molecule has 3 nitrogen and oxygen atoms in total. The molecule has 98 valence electrons. The predicted molar refractivity (Wildman–Crippen MR) is 55.9 cm³/mol. The van der Waals surface area contributed by atoms with Crippen LogP contribution < -0.4 is 5.32 Å². The van der Waals surface area contributed by atoms with Crippen molar-refractivity contribution < 1.29 is 18.3 Å². The van der Waals surface area contributed by atoms with Gasteiger partial charge in [-0.15, -0.1) is 0 Å². The van der Waals surface area contributed by atoms with Crippen LogP contribution in [-0.4, -0.2) is 31.0 Å². The lowest BCUT2D eigenvalue weighted by atomic mass is 9.97. The number of hydrogen-bond donors (Lipinski definition) is 2. The number of nitriles is 1. The van der Waals surface area contributed by atoms with Crippen LogP contribution in [-0.2, 0) is 0 Å². The lowest BCUT2D eigenvalue weighted by molar-refractivity contribution is -0.157. The molecule has 6 heteroatoms. The summed E-state index contributed by atoms with van der Waals surface area (Å²) in [5.41, 5.74) is 0. The van der Waals surface area contributed by atoms with Crippen LogP contribution in [0.5, 0.6) is 0 Å². The van der Waals surface area contributed by atoms with Crippen LogP contribution in [0.25, 0.3) is 0 Å². The number of aliphatic hydroxyl groups is 1. The molecule has 0 saturated heterocycles. The maximum absolute atomic E-state index is 12.3. The van der Waals surface area contributed by atoms with Crippen molar-refractivity contribution in [2.45, 2.75) is 25.4 Å². The third-order valence-corrected chi connectivity index (χ3v) is 3.36. The maximum Gasteiger partial charge on any atom is 0.405 e. The number of aliphatic hydroxyl groups excluding tert-OH is 1. The maximum atomic E-state index is 12.3. The number of halogens is 3. The Bertz CT molecular complexity index is 275.